The van der Waals surface area contributed by atoms with Crippen LogP contribution in [0.5, 0.6) is 0 Å². The number of nitrogens with one attached hydrogen (secondary N) is 2. The van der Waals surface area contributed by atoms with Gasteiger partial charge in [0.15, 0.2) is 0 Å². The van der Waals surface area contributed by atoms with Crippen LogP contribution in [0.25, 0.3) is 0 Å². The minimum absolute atomic E-state index is 0. The molecular formula is C16H24ClFN2O. The molecule has 1 fully saturated rings. The van der Waals surface area contributed by atoms with Gasteiger partial charge in [-0.15, -0.1) is 12.4 Å². The van der Waals surface area contributed by atoms with Crippen LogP contribution >= 0.6 is 12.4 Å². The van der Waals surface area contributed by atoms with E-state index in [0.717, 1.165) is 31.4 Å². The van der Waals surface area contributed by atoms with E-state index in [9.17, 15) is 9.18 Å². The summed E-state index contributed by atoms with van der Waals surface area (Å²) in [7, 11) is 0. The lowest BCUT2D eigenvalue weighted by atomic mass is 9.84. The predicted molar refractivity (Wildman–Crippen MR) is 85.3 cm³/mol. The fraction of sp³-hybridized carbons (Fsp3) is 0.562. The average Bonchev–Trinajstić information content (AvgIpc) is 2.46. The predicted octanol–water partition coefficient (Wildman–Crippen LogP) is 2.78. The molecule has 21 heavy (non-hydrogen) atoms. The summed E-state index contributed by atoms with van der Waals surface area (Å²) in [5.74, 6) is -0.167. The number of benzene rings is 1. The third-order valence-electron chi connectivity index (χ3n) is 3.96. The number of hydrogen-bond acceptors (Lipinski definition) is 2. The summed E-state index contributed by atoms with van der Waals surface area (Å²) in [6.07, 6.45) is 3.15. The lowest BCUT2D eigenvalue weighted by Crippen LogP contribution is -2.49. The Bertz CT molecular complexity index is 456. The van der Waals surface area contributed by atoms with E-state index in [2.05, 4.69) is 24.5 Å². The first kappa shape index (κ1) is 17.9. The summed E-state index contributed by atoms with van der Waals surface area (Å²) in [6, 6.07) is 6.41. The molecule has 1 aromatic rings. The van der Waals surface area contributed by atoms with Gasteiger partial charge in [-0.2, -0.15) is 0 Å². The molecule has 0 saturated carbocycles. The van der Waals surface area contributed by atoms with E-state index in [1.54, 1.807) is 12.1 Å². The molecule has 5 heteroatoms. The molecule has 1 amide bonds. The Morgan fingerprint density at radius 1 is 1.33 bits per heavy atom. The van der Waals surface area contributed by atoms with E-state index in [-0.39, 0.29) is 35.6 Å². The highest BCUT2D eigenvalue weighted by atomic mass is 35.5. The normalized spacial score (nSPS) is 18.7. The minimum Gasteiger partial charge on any atom is -0.354 e. The molecule has 118 valence electrons. The van der Waals surface area contributed by atoms with Crippen molar-refractivity contribution in [2.45, 2.75) is 44.6 Å². The molecule has 1 unspecified atom stereocenters. The molecule has 2 rings (SSSR count). The van der Waals surface area contributed by atoms with Crippen LogP contribution in [0.4, 0.5) is 4.39 Å². The lowest BCUT2D eigenvalue weighted by molar-refractivity contribution is -0.123. The quantitative estimate of drug-likeness (QED) is 0.897. The molecule has 1 saturated heterocycles. The molecule has 0 radical (unpaired) electrons. The number of carbonyl (C=O) groups is 1. The van der Waals surface area contributed by atoms with Gasteiger partial charge >= 0.3 is 0 Å². The van der Waals surface area contributed by atoms with Crippen LogP contribution in [0.15, 0.2) is 24.3 Å². The Hall–Kier alpha value is -1.13. The molecular weight excluding hydrogens is 291 g/mol. The van der Waals surface area contributed by atoms with E-state index in [0.29, 0.717) is 6.54 Å². The molecule has 0 aliphatic carbocycles. The smallest absolute Gasteiger partial charge is 0.237 e. The van der Waals surface area contributed by atoms with Gasteiger partial charge in [-0.25, -0.2) is 4.39 Å². The minimum atomic E-state index is -0.236. The second-order valence-corrected chi connectivity index (χ2v) is 6.11. The maximum absolute atomic E-state index is 13.0. The van der Waals surface area contributed by atoms with Gasteiger partial charge in [0.25, 0.3) is 0 Å². The maximum Gasteiger partial charge on any atom is 0.237 e. The van der Waals surface area contributed by atoms with Crippen molar-refractivity contribution in [2.24, 2.45) is 0 Å². The Kier molecular flexibility index (Phi) is 6.62. The van der Waals surface area contributed by atoms with Crippen LogP contribution < -0.4 is 10.6 Å². The van der Waals surface area contributed by atoms with Gasteiger partial charge in [0.2, 0.25) is 5.91 Å². The first-order chi connectivity index (χ1) is 9.49. The van der Waals surface area contributed by atoms with E-state index in [1.807, 2.05) is 0 Å². The number of amides is 1. The Labute approximate surface area is 132 Å². The standard InChI is InChI=1S/C16H23FN2O.ClH/c1-16(2,12-6-8-13(17)9-7-12)11-19-15(20)14-5-3-4-10-18-14;/h6-9,14,18H,3-5,10-11H2,1-2H3,(H,19,20);1H. The van der Waals surface area contributed by atoms with Crippen LogP contribution in [-0.2, 0) is 10.2 Å². The zero-order valence-electron chi connectivity index (χ0n) is 12.6. The number of piperidine rings is 1. The SMILES string of the molecule is CC(C)(CNC(=O)C1CCCCN1)c1ccc(F)cc1.Cl. The fourth-order valence-corrected chi connectivity index (χ4v) is 2.51. The number of rotatable bonds is 4. The lowest BCUT2D eigenvalue weighted by Gasteiger charge is -2.28. The van der Waals surface area contributed by atoms with Gasteiger partial charge in [-0.05, 0) is 37.1 Å². The van der Waals surface area contributed by atoms with Crippen molar-refractivity contribution in [2.75, 3.05) is 13.1 Å². The molecule has 0 spiro atoms. The van der Waals surface area contributed by atoms with E-state index >= 15 is 0 Å². The first-order valence-electron chi connectivity index (χ1n) is 7.26. The molecule has 1 aliphatic rings. The van der Waals surface area contributed by atoms with Gasteiger partial charge in [0, 0.05) is 12.0 Å². The molecule has 2 N–H and O–H groups in total. The van der Waals surface area contributed by atoms with Crippen LogP contribution in [0, 0.1) is 5.82 Å². The molecule has 1 heterocycles. The molecule has 1 aromatic carbocycles. The highest BCUT2D eigenvalue weighted by molar-refractivity contribution is 5.85. The molecule has 1 aliphatic heterocycles. The van der Waals surface area contributed by atoms with Crippen molar-refractivity contribution in [3.8, 4) is 0 Å². The van der Waals surface area contributed by atoms with Crippen molar-refractivity contribution >= 4 is 18.3 Å². The second-order valence-electron chi connectivity index (χ2n) is 6.11. The van der Waals surface area contributed by atoms with Crippen LogP contribution in [0.2, 0.25) is 0 Å². The molecule has 3 nitrogen and oxygen atoms in total. The van der Waals surface area contributed by atoms with Crippen molar-refractivity contribution < 1.29 is 9.18 Å². The highest BCUT2D eigenvalue weighted by Gasteiger charge is 2.25. The Morgan fingerprint density at radius 3 is 2.57 bits per heavy atom. The average molecular weight is 315 g/mol. The van der Waals surface area contributed by atoms with Crippen LogP contribution in [-0.4, -0.2) is 25.0 Å². The second kappa shape index (κ2) is 7.76. The topological polar surface area (TPSA) is 41.1 Å². The van der Waals surface area contributed by atoms with E-state index in [1.165, 1.54) is 12.1 Å². The molecule has 1 atom stereocenters. The van der Waals surface area contributed by atoms with E-state index < -0.39 is 0 Å². The van der Waals surface area contributed by atoms with Crippen molar-refractivity contribution in [1.82, 2.24) is 10.6 Å². The van der Waals surface area contributed by atoms with Gasteiger partial charge < -0.3 is 10.6 Å². The zero-order chi connectivity index (χ0) is 14.6. The van der Waals surface area contributed by atoms with Crippen molar-refractivity contribution in [1.29, 1.82) is 0 Å². The van der Waals surface area contributed by atoms with Gasteiger partial charge in [-0.3, -0.25) is 4.79 Å². The summed E-state index contributed by atoms with van der Waals surface area (Å²) < 4.78 is 13.0. The van der Waals surface area contributed by atoms with Crippen LogP contribution in [0.3, 0.4) is 0 Å². The Morgan fingerprint density at radius 2 is 2.00 bits per heavy atom. The largest absolute Gasteiger partial charge is 0.354 e. The molecule has 0 bridgehead atoms. The summed E-state index contributed by atoms with van der Waals surface area (Å²) in [5.41, 5.74) is 0.814. The van der Waals surface area contributed by atoms with Gasteiger partial charge in [0.1, 0.15) is 5.82 Å². The maximum atomic E-state index is 13.0. The molecule has 0 aromatic heterocycles. The van der Waals surface area contributed by atoms with Crippen molar-refractivity contribution in [3.63, 3.8) is 0 Å². The third-order valence-corrected chi connectivity index (χ3v) is 3.96. The van der Waals surface area contributed by atoms with Crippen molar-refractivity contribution in [3.05, 3.63) is 35.6 Å². The summed E-state index contributed by atoms with van der Waals surface area (Å²) >= 11 is 0. The van der Waals surface area contributed by atoms with Crippen LogP contribution in [0.1, 0.15) is 38.7 Å². The number of halogens is 2. The summed E-state index contributed by atoms with van der Waals surface area (Å²) in [5, 5.41) is 6.25. The fourth-order valence-electron chi connectivity index (χ4n) is 2.51. The first-order valence-corrected chi connectivity index (χ1v) is 7.26. The third kappa shape index (κ3) is 4.97. The highest BCUT2D eigenvalue weighted by Crippen LogP contribution is 2.22. The van der Waals surface area contributed by atoms with Gasteiger partial charge in [-0.1, -0.05) is 32.4 Å². The summed E-state index contributed by atoms with van der Waals surface area (Å²) in [6.45, 7) is 5.57. The Balaban J connectivity index is 0.00000220. The monoisotopic (exact) mass is 314 g/mol. The number of hydrogen-bond donors (Lipinski definition) is 2. The van der Waals surface area contributed by atoms with Gasteiger partial charge in [0.05, 0.1) is 6.04 Å². The van der Waals surface area contributed by atoms with E-state index in [4.69, 9.17) is 0 Å². The number of carbonyl (C=O) groups excluding carboxylic acids is 1. The summed E-state index contributed by atoms with van der Waals surface area (Å²) in [4.78, 5) is 12.1. The zero-order valence-corrected chi connectivity index (χ0v) is 13.4.